The fourth-order valence-electron chi connectivity index (χ4n) is 1.62. The summed E-state index contributed by atoms with van der Waals surface area (Å²) in [6.45, 7) is 2.34. The lowest BCUT2D eigenvalue weighted by Gasteiger charge is -2.05. The lowest BCUT2D eigenvalue weighted by molar-refractivity contribution is 0.465. The topological polar surface area (TPSA) is 133 Å². The Labute approximate surface area is 119 Å². The second-order valence-electron chi connectivity index (χ2n) is 4.08. The third-order valence-corrected chi connectivity index (χ3v) is 2.61. The summed E-state index contributed by atoms with van der Waals surface area (Å²) in [5, 5.41) is 6.92. The lowest BCUT2D eigenvalue weighted by atomic mass is 10.4. The van der Waals surface area contributed by atoms with Crippen LogP contribution in [0.2, 0.25) is 0 Å². The summed E-state index contributed by atoms with van der Waals surface area (Å²) in [6, 6.07) is 0. The molecule has 10 nitrogen and oxygen atoms in total. The van der Waals surface area contributed by atoms with Crippen molar-refractivity contribution < 1.29 is 4.42 Å². The van der Waals surface area contributed by atoms with E-state index in [0.29, 0.717) is 18.4 Å². The van der Waals surface area contributed by atoms with Crippen LogP contribution in [-0.4, -0.2) is 34.7 Å². The van der Waals surface area contributed by atoms with E-state index in [0.717, 1.165) is 12.2 Å². The van der Waals surface area contributed by atoms with Crippen LogP contribution in [0.25, 0.3) is 5.95 Å². The Morgan fingerprint density at radius 3 is 2.95 bits per heavy atom. The van der Waals surface area contributed by atoms with Gasteiger partial charge in [0.25, 0.3) is 5.95 Å². The number of anilines is 2. The first-order valence-corrected chi connectivity index (χ1v) is 6.28. The zero-order valence-electron chi connectivity index (χ0n) is 11.3. The van der Waals surface area contributed by atoms with E-state index >= 15 is 0 Å². The van der Waals surface area contributed by atoms with Gasteiger partial charge in [-0.2, -0.15) is 24.7 Å². The zero-order chi connectivity index (χ0) is 14.7. The largest absolute Gasteiger partial charge is 0.444 e. The quantitative estimate of drug-likeness (QED) is 0.674. The normalized spacial score (nSPS) is 10.7. The van der Waals surface area contributed by atoms with Crippen LogP contribution in [0.5, 0.6) is 0 Å². The molecule has 0 unspecified atom stereocenters. The highest BCUT2D eigenvalue weighted by Gasteiger charge is 2.08. The lowest BCUT2D eigenvalue weighted by Crippen LogP contribution is -2.11. The standard InChI is InChI=1S/C11H13N9O/c1-2-7-3-14-8(21-7)4-15-10-17-9(12)18-11(19-10)20-6-13-5-16-20/h3,5-6H,2,4H2,1H3,(H3,12,15,17,18,19). The minimum Gasteiger partial charge on any atom is -0.444 e. The van der Waals surface area contributed by atoms with Gasteiger partial charge in [0.05, 0.1) is 12.7 Å². The van der Waals surface area contributed by atoms with Crippen LogP contribution >= 0.6 is 0 Å². The molecule has 0 fully saturated rings. The Morgan fingerprint density at radius 1 is 1.33 bits per heavy atom. The van der Waals surface area contributed by atoms with Crippen LogP contribution in [0, 0.1) is 0 Å². The summed E-state index contributed by atoms with van der Waals surface area (Å²) in [6.07, 6.45) is 5.34. The Bertz CT molecular complexity index is 721. The second kappa shape index (κ2) is 5.53. The highest BCUT2D eigenvalue weighted by molar-refractivity contribution is 5.34. The minimum atomic E-state index is 0.0830. The maximum absolute atomic E-state index is 5.66. The monoisotopic (exact) mass is 287 g/mol. The van der Waals surface area contributed by atoms with Crippen LogP contribution in [0.15, 0.2) is 23.3 Å². The van der Waals surface area contributed by atoms with E-state index in [1.807, 2.05) is 6.92 Å². The molecule has 0 aliphatic carbocycles. The molecular formula is C11H13N9O. The molecule has 0 saturated carbocycles. The second-order valence-corrected chi connectivity index (χ2v) is 4.08. The summed E-state index contributed by atoms with van der Waals surface area (Å²) in [7, 11) is 0. The van der Waals surface area contributed by atoms with Crippen molar-refractivity contribution in [2.45, 2.75) is 19.9 Å². The van der Waals surface area contributed by atoms with Crippen molar-refractivity contribution in [3.05, 3.63) is 30.5 Å². The first kappa shape index (κ1) is 13.0. The third-order valence-electron chi connectivity index (χ3n) is 2.61. The van der Waals surface area contributed by atoms with E-state index in [2.05, 4.69) is 35.3 Å². The number of rotatable bonds is 5. The fourth-order valence-corrected chi connectivity index (χ4v) is 1.62. The molecular weight excluding hydrogens is 274 g/mol. The summed E-state index contributed by atoms with van der Waals surface area (Å²) in [5.74, 6) is 2.05. The summed E-state index contributed by atoms with van der Waals surface area (Å²) >= 11 is 0. The van der Waals surface area contributed by atoms with Gasteiger partial charge in [0.2, 0.25) is 17.8 Å². The van der Waals surface area contributed by atoms with E-state index < -0.39 is 0 Å². The molecule has 3 aromatic rings. The number of aryl methyl sites for hydroxylation is 1. The van der Waals surface area contributed by atoms with Crippen molar-refractivity contribution in [1.29, 1.82) is 0 Å². The third kappa shape index (κ3) is 2.94. The van der Waals surface area contributed by atoms with Crippen LogP contribution in [0.4, 0.5) is 11.9 Å². The van der Waals surface area contributed by atoms with Crippen LogP contribution in [-0.2, 0) is 13.0 Å². The smallest absolute Gasteiger partial charge is 0.258 e. The predicted octanol–water partition coefficient (Wildman–Crippen LogP) is 0.197. The van der Waals surface area contributed by atoms with Crippen molar-refractivity contribution in [2.75, 3.05) is 11.1 Å². The van der Waals surface area contributed by atoms with Crippen molar-refractivity contribution in [3.63, 3.8) is 0 Å². The van der Waals surface area contributed by atoms with Crippen LogP contribution in [0.3, 0.4) is 0 Å². The fraction of sp³-hybridized carbons (Fsp3) is 0.273. The summed E-state index contributed by atoms with van der Waals surface area (Å²) < 4.78 is 6.88. The molecule has 10 heteroatoms. The number of nitrogens with two attached hydrogens (primary N) is 1. The molecule has 0 aliphatic rings. The Kier molecular flexibility index (Phi) is 3.41. The number of aromatic nitrogens is 7. The van der Waals surface area contributed by atoms with Gasteiger partial charge in [0.15, 0.2) is 0 Å². The number of oxazole rings is 1. The molecule has 21 heavy (non-hydrogen) atoms. The SMILES string of the molecule is CCc1cnc(CNc2nc(N)nc(-n3cncn3)n2)o1. The Balaban J connectivity index is 1.76. The molecule has 108 valence electrons. The Morgan fingerprint density at radius 2 is 2.24 bits per heavy atom. The molecule has 0 spiro atoms. The van der Waals surface area contributed by atoms with Crippen molar-refractivity contribution in [2.24, 2.45) is 0 Å². The molecule has 3 aromatic heterocycles. The summed E-state index contributed by atoms with van der Waals surface area (Å²) in [4.78, 5) is 20.1. The summed E-state index contributed by atoms with van der Waals surface area (Å²) in [5.41, 5.74) is 5.66. The van der Waals surface area contributed by atoms with E-state index in [1.54, 1.807) is 6.20 Å². The average molecular weight is 287 g/mol. The molecule has 0 atom stereocenters. The van der Waals surface area contributed by atoms with Crippen molar-refractivity contribution in [1.82, 2.24) is 34.7 Å². The van der Waals surface area contributed by atoms with Gasteiger partial charge in [-0.15, -0.1) is 0 Å². The average Bonchev–Trinajstić information content (AvgIpc) is 3.16. The van der Waals surface area contributed by atoms with E-state index in [1.165, 1.54) is 17.3 Å². The van der Waals surface area contributed by atoms with Gasteiger partial charge in [-0.1, -0.05) is 6.92 Å². The van der Waals surface area contributed by atoms with Crippen LogP contribution in [0.1, 0.15) is 18.6 Å². The van der Waals surface area contributed by atoms with Crippen molar-refractivity contribution >= 4 is 11.9 Å². The number of nitrogen functional groups attached to an aromatic ring is 1. The highest BCUT2D eigenvalue weighted by Crippen LogP contribution is 2.09. The molecule has 3 rings (SSSR count). The molecule has 0 aliphatic heterocycles. The molecule has 3 heterocycles. The molecule has 0 aromatic carbocycles. The predicted molar refractivity (Wildman–Crippen MR) is 72.4 cm³/mol. The molecule has 3 N–H and O–H groups in total. The van der Waals surface area contributed by atoms with E-state index in [4.69, 9.17) is 10.2 Å². The number of hydrogen-bond acceptors (Lipinski definition) is 9. The van der Waals surface area contributed by atoms with Gasteiger partial charge in [-0.25, -0.2) is 9.97 Å². The highest BCUT2D eigenvalue weighted by atomic mass is 16.4. The molecule has 0 radical (unpaired) electrons. The van der Waals surface area contributed by atoms with Gasteiger partial charge in [0, 0.05) is 6.42 Å². The van der Waals surface area contributed by atoms with Crippen LogP contribution < -0.4 is 11.1 Å². The number of nitrogens with one attached hydrogen (secondary N) is 1. The van der Waals surface area contributed by atoms with E-state index in [-0.39, 0.29) is 11.9 Å². The Hall–Kier alpha value is -3.04. The first-order chi connectivity index (χ1) is 10.2. The van der Waals surface area contributed by atoms with Crippen molar-refractivity contribution in [3.8, 4) is 5.95 Å². The van der Waals surface area contributed by atoms with Gasteiger partial charge in [0.1, 0.15) is 18.4 Å². The molecule has 0 saturated heterocycles. The van der Waals surface area contributed by atoms with Gasteiger partial charge < -0.3 is 15.5 Å². The van der Waals surface area contributed by atoms with Gasteiger partial charge in [-0.3, -0.25) is 0 Å². The van der Waals surface area contributed by atoms with Gasteiger partial charge in [-0.05, 0) is 0 Å². The first-order valence-electron chi connectivity index (χ1n) is 6.28. The molecule has 0 amide bonds. The molecule has 0 bridgehead atoms. The number of nitrogens with zero attached hydrogens (tertiary/aromatic N) is 7. The van der Waals surface area contributed by atoms with E-state index in [9.17, 15) is 0 Å². The van der Waals surface area contributed by atoms with Gasteiger partial charge >= 0.3 is 0 Å². The number of hydrogen-bond donors (Lipinski definition) is 2. The zero-order valence-corrected chi connectivity index (χ0v) is 11.3. The maximum atomic E-state index is 5.66. The maximum Gasteiger partial charge on any atom is 0.258 e. The minimum absolute atomic E-state index is 0.0830.